The van der Waals surface area contributed by atoms with Gasteiger partial charge in [-0.1, -0.05) is 30.3 Å². The first-order chi connectivity index (χ1) is 8.29. The van der Waals surface area contributed by atoms with Crippen LogP contribution in [0.3, 0.4) is 0 Å². The predicted octanol–water partition coefficient (Wildman–Crippen LogP) is 4.52. The van der Waals surface area contributed by atoms with Gasteiger partial charge in [-0.05, 0) is 52.0 Å². The molecule has 0 aliphatic carbocycles. The van der Waals surface area contributed by atoms with Crippen molar-refractivity contribution in [2.45, 2.75) is 57.0 Å². The van der Waals surface area contributed by atoms with Crippen molar-refractivity contribution in [1.82, 2.24) is 5.32 Å². The van der Waals surface area contributed by atoms with Gasteiger partial charge in [0.1, 0.15) is 0 Å². The van der Waals surface area contributed by atoms with Crippen LogP contribution < -0.4 is 5.32 Å². The van der Waals surface area contributed by atoms with Gasteiger partial charge in [0.25, 0.3) is 0 Å². The molecular formula is C16H24ClN. The van der Waals surface area contributed by atoms with Crippen LogP contribution in [0.25, 0.3) is 0 Å². The fraction of sp³-hybridized carbons (Fsp3) is 0.625. The molecule has 0 spiro atoms. The average molecular weight is 266 g/mol. The summed E-state index contributed by atoms with van der Waals surface area (Å²) in [5.41, 5.74) is 1.57. The van der Waals surface area contributed by atoms with Crippen LogP contribution in [0, 0.1) is 5.92 Å². The molecule has 1 fully saturated rings. The molecule has 1 unspecified atom stereocenters. The zero-order chi connectivity index (χ0) is 13.4. The van der Waals surface area contributed by atoms with E-state index in [4.69, 9.17) is 11.6 Å². The van der Waals surface area contributed by atoms with Crippen LogP contribution in [0.1, 0.15) is 51.5 Å². The van der Waals surface area contributed by atoms with E-state index in [1.54, 1.807) is 0 Å². The largest absolute Gasteiger partial charge is 0.307 e. The van der Waals surface area contributed by atoms with Gasteiger partial charge in [-0.2, -0.15) is 0 Å². The van der Waals surface area contributed by atoms with Crippen molar-refractivity contribution in [3.63, 3.8) is 0 Å². The molecule has 0 bridgehead atoms. The summed E-state index contributed by atoms with van der Waals surface area (Å²) >= 11 is 6.71. The molecule has 1 atom stereocenters. The molecule has 1 N–H and O–H groups in total. The quantitative estimate of drug-likeness (QED) is 0.775. The summed E-state index contributed by atoms with van der Waals surface area (Å²) in [6.07, 6.45) is 2.25. The minimum Gasteiger partial charge on any atom is -0.307 e. The first-order valence-electron chi connectivity index (χ1n) is 6.77. The van der Waals surface area contributed by atoms with Gasteiger partial charge in [-0.15, -0.1) is 11.6 Å². The Kier molecular flexibility index (Phi) is 3.75. The second-order valence-electron chi connectivity index (χ2n) is 6.87. The Morgan fingerprint density at radius 3 is 2.06 bits per heavy atom. The minimum atomic E-state index is 0.117. The fourth-order valence-corrected chi connectivity index (χ4v) is 3.84. The van der Waals surface area contributed by atoms with Gasteiger partial charge in [-0.3, -0.25) is 0 Å². The molecule has 18 heavy (non-hydrogen) atoms. The molecule has 1 aliphatic rings. The average Bonchev–Trinajstić information content (AvgIpc) is 2.25. The van der Waals surface area contributed by atoms with Crippen LogP contribution in [-0.4, -0.2) is 11.1 Å². The Labute approximate surface area is 116 Å². The van der Waals surface area contributed by atoms with Crippen molar-refractivity contribution in [3.05, 3.63) is 35.9 Å². The predicted molar refractivity (Wildman–Crippen MR) is 79.1 cm³/mol. The van der Waals surface area contributed by atoms with E-state index in [-0.39, 0.29) is 16.5 Å². The Balaban J connectivity index is 2.18. The first kappa shape index (κ1) is 13.9. The van der Waals surface area contributed by atoms with Crippen LogP contribution in [0.4, 0.5) is 0 Å². The van der Waals surface area contributed by atoms with Gasteiger partial charge in [0, 0.05) is 11.1 Å². The van der Waals surface area contributed by atoms with Gasteiger partial charge in [0.2, 0.25) is 0 Å². The zero-order valence-corrected chi connectivity index (χ0v) is 12.6. The molecule has 1 saturated heterocycles. The highest BCUT2D eigenvalue weighted by Gasteiger charge is 2.40. The number of rotatable bonds is 2. The summed E-state index contributed by atoms with van der Waals surface area (Å²) in [5.74, 6) is 0.528. The lowest BCUT2D eigenvalue weighted by Gasteiger charge is -2.47. The third-order valence-corrected chi connectivity index (χ3v) is 4.36. The van der Waals surface area contributed by atoms with Crippen LogP contribution in [0.5, 0.6) is 0 Å². The van der Waals surface area contributed by atoms with E-state index in [2.05, 4.69) is 57.3 Å². The van der Waals surface area contributed by atoms with Gasteiger partial charge < -0.3 is 5.32 Å². The fourth-order valence-electron chi connectivity index (χ4n) is 3.52. The van der Waals surface area contributed by atoms with E-state index in [1.807, 2.05) is 6.07 Å². The number of hydrogen-bond donors (Lipinski definition) is 1. The summed E-state index contributed by atoms with van der Waals surface area (Å²) in [4.78, 5) is 0. The van der Waals surface area contributed by atoms with Crippen molar-refractivity contribution in [2.75, 3.05) is 0 Å². The second kappa shape index (κ2) is 4.86. The topological polar surface area (TPSA) is 12.0 Å². The monoisotopic (exact) mass is 265 g/mol. The lowest BCUT2D eigenvalue weighted by atomic mass is 9.73. The highest BCUT2D eigenvalue weighted by atomic mass is 35.5. The second-order valence-corrected chi connectivity index (χ2v) is 7.34. The van der Waals surface area contributed by atoms with Crippen LogP contribution in [0.2, 0.25) is 0 Å². The van der Waals surface area contributed by atoms with Gasteiger partial charge in [-0.25, -0.2) is 0 Å². The van der Waals surface area contributed by atoms with Gasteiger partial charge >= 0.3 is 0 Å². The number of halogens is 1. The van der Waals surface area contributed by atoms with Crippen LogP contribution in [-0.2, 0) is 0 Å². The molecule has 2 heteroatoms. The molecule has 0 amide bonds. The van der Waals surface area contributed by atoms with Crippen molar-refractivity contribution in [3.8, 4) is 0 Å². The maximum Gasteiger partial charge on any atom is 0.0614 e. The molecule has 0 aromatic heterocycles. The number of nitrogens with one attached hydrogen (secondary N) is 1. The summed E-state index contributed by atoms with van der Waals surface area (Å²) in [5, 5.41) is 3.83. The molecule has 100 valence electrons. The molecular weight excluding hydrogens is 242 g/mol. The molecule has 1 heterocycles. The molecule has 1 nitrogen and oxygen atoms in total. The Morgan fingerprint density at radius 1 is 1.06 bits per heavy atom. The standard InChI is InChI=1S/C16H24ClN/c1-15(2)10-13(11-16(3,4)18-15)14(17)12-8-6-5-7-9-12/h5-9,13-14,18H,10-11H2,1-4H3. The van der Waals surface area contributed by atoms with Crippen molar-refractivity contribution < 1.29 is 0 Å². The van der Waals surface area contributed by atoms with Gasteiger partial charge in [0.15, 0.2) is 0 Å². The number of benzene rings is 1. The lowest BCUT2D eigenvalue weighted by molar-refractivity contribution is 0.126. The summed E-state index contributed by atoms with van der Waals surface area (Å²) in [7, 11) is 0. The SMILES string of the molecule is CC1(C)CC(C(Cl)c2ccccc2)CC(C)(C)N1. The summed E-state index contributed by atoms with van der Waals surface area (Å²) in [6.45, 7) is 9.09. The number of hydrogen-bond acceptors (Lipinski definition) is 1. The number of piperidine rings is 1. The molecule has 0 saturated carbocycles. The maximum absolute atomic E-state index is 6.71. The van der Waals surface area contributed by atoms with E-state index in [0.29, 0.717) is 5.92 Å². The van der Waals surface area contributed by atoms with Crippen molar-refractivity contribution in [1.29, 1.82) is 0 Å². The lowest BCUT2D eigenvalue weighted by Crippen LogP contribution is -2.58. The van der Waals surface area contributed by atoms with E-state index in [1.165, 1.54) is 5.56 Å². The summed E-state index contributed by atoms with van der Waals surface area (Å²) in [6, 6.07) is 10.5. The molecule has 1 aromatic rings. The first-order valence-corrected chi connectivity index (χ1v) is 7.21. The van der Waals surface area contributed by atoms with Crippen molar-refractivity contribution >= 4 is 11.6 Å². The third kappa shape index (κ3) is 3.27. The highest BCUT2D eigenvalue weighted by Crippen LogP contribution is 2.42. The zero-order valence-electron chi connectivity index (χ0n) is 11.8. The van der Waals surface area contributed by atoms with E-state index in [0.717, 1.165) is 12.8 Å². The summed E-state index contributed by atoms with van der Waals surface area (Å²) < 4.78 is 0. The third-order valence-electron chi connectivity index (χ3n) is 3.75. The number of alkyl halides is 1. The Bertz CT molecular complexity index is 381. The van der Waals surface area contributed by atoms with E-state index >= 15 is 0 Å². The van der Waals surface area contributed by atoms with E-state index < -0.39 is 0 Å². The van der Waals surface area contributed by atoms with E-state index in [9.17, 15) is 0 Å². The Morgan fingerprint density at radius 2 is 1.56 bits per heavy atom. The molecule has 0 radical (unpaired) electrons. The minimum absolute atomic E-state index is 0.117. The Hall–Kier alpha value is -0.530. The highest BCUT2D eigenvalue weighted by molar-refractivity contribution is 6.21. The maximum atomic E-state index is 6.71. The molecule has 2 rings (SSSR count). The smallest absolute Gasteiger partial charge is 0.0614 e. The van der Waals surface area contributed by atoms with Gasteiger partial charge in [0.05, 0.1) is 5.38 Å². The van der Waals surface area contributed by atoms with Crippen LogP contribution in [0.15, 0.2) is 30.3 Å². The normalized spacial score (nSPS) is 24.7. The molecule has 1 aliphatic heterocycles. The molecule has 1 aromatic carbocycles. The van der Waals surface area contributed by atoms with Crippen LogP contribution >= 0.6 is 11.6 Å². The van der Waals surface area contributed by atoms with Crippen molar-refractivity contribution in [2.24, 2.45) is 5.92 Å².